The highest BCUT2D eigenvalue weighted by molar-refractivity contribution is 6.19. The van der Waals surface area contributed by atoms with Crippen molar-refractivity contribution < 1.29 is 14.3 Å². The largest absolute Gasteiger partial charge is 0.465 e. The van der Waals surface area contributed by atoms with Gasteiger partial charge in [-0.2, -0.15) is 5.10 Å². The van der Waals surface area contributed by atoms with Gasteiger partial charge in [-0.05, 0) is 44.0 Å². The number of likely N-dealkylation sites (N-methyl/N-ethyl adjacent to an activating group) is 1. The van der Waals surface area contributed by atoms with Crippen molar-refractivity contribution in [2.45, 2.75) is 32.9 Å². The Balaban J connectivity index is 1.51. The second-order valence-electron chi connectivity index (χ2n) is 7.84. The van der Waals surface area contributed by atoms with Gasteiger partial charge in [0.2, 0.25) is 0 Å². The average Bonchev–Trinajstić information content (AvgIpc) is 3.15. The highest BCUT2D eigenvalue weighted by Gasteiger charge is 2.49. The molecule has 1 N–H and O–H groups in total. The lowest BCUT2D eigenvalue weighted by Crippen LogP contribution is -2.59. The van der Waals surface area contributed by atoms with Crippen LogP contribution in [0.4, 0.5) is 11.4 Å². The van der Waals surface area contributed by atoms with Crippen LogP contribution in [-0.4, -0.2) is 34.2 Å². The molecule has 2 heterocycles. The first-order valence-corrected chi connectivity index (χ1v) is 9.73. The standard InChI is InChI=1S/C23H24N4O3/c1-15-5-8-17(9-6-15)13-27-14-18(12-24-27)25-21(28)23(3)22(29)26(4)19-11-16(2)7-10-20(19)30-23/h5-12,14H,13H2,1-4H3,(H,25,28). The number of fused-ring (bicyclic) bond motifs is 1. The lowest BCUT2D eigenvalue weighted by atomic mass is 10.00. The number of aryl methyl sites for hydroxylation is 2. The number of nitrogens with zero attached hydrogens (tertiary/aromatic N) is 3. The van der Waals surface area contributed by atoms with Gasteiger partial charge in [-0.3, -0.25) is 14.3 Å². The molecule has 30 heavy (non-hydrogen) atoms. The van der Waals surface area contributed by atoms with Crippen LogP contribution < -0.4 is 15.0 Å². The van der Waals surface area contributed by atoms with Crippen LogP contribution in [0.5, 0.6) is 5.75 Å². The maximum absolute atomic E-state index is 13.0. The van der Waals surface area contributed by atoms with Gasteiger partial charge in [-0.25, -0.2) is 0 Å². The summed E-state index contributed by atoms with van der Waals surface area (Å²) in [6.45, 7) is 6.05. The van der Waals surface area contributed by atoms with Crippen molar-refractivity contribution in [2.24, 2.45) is 0 Å². The summed E-state index contributed by atoms with van der Waals surface area (Å²) in [4.78, 5) is 27.4. The van der Waals surface area contributed by atoms with E-state index in [4.69, 9.17) is 4.74 Å². The van der Waals surface area contributed by atoms with Crippen LogP contribution in [0, 0.1) is 13.8 Å². The molecule has 1 atom stereocenters. The fraction of sp³-hybridized carbons (Fsp3) is 0.261. The molecule has 2 aromatic carbocycles. The first-order chi connectivity index (χ1) is 14.3. The number of amides is 2. The molecule has 154 valence electrons. The number of nitrogens with one attached hydrogen (secondary N) is 1. The fourth-order valence-electron chi connectivity index (χ4n) is 3.46. The van der Waals surface area contributed by atoms with E-state index >= 15 is 0 Å². The summed E-state index contributed by atoms with van der Waals surface area (Å²) in [5.74, 6) is -0.471. The predicted octanol–water partition coefficient (Wildman–Crippen LogP) is 3.30. The van der Waals surface area contributed by atoms with Crippen molar-refractivity contribution in [3.05, 3.63) is 71.5 Å². The number of anilines is 2. The molecule has 0 saturated carbocycles. The maximum atomic E-state index is 13.0. The molecule has 7 nitrogen and oxygen atoms in total. The second-order valence-corrected chi connectivity index (χ2v) is 7.84. The van der Waals surface area contributed by atoms with Crippen molar-refractivity contribution in [1.82, 2.24) is 9.78 Å². The summed E-state index contributed by atoms with van der Waals surface area (Å²) < 4.78 is 7.61. The van der Waals surface area contributed by atoms with Crippen LogP contribution in [-0.2, 0) is 16.1 Å². The molecule has 1 aliphatic heterocycles. The summed E-state index contributed by atoms with van der Waals surface area (Å²) in [5, 5.41) is 7.07. The number of aromatic nitrogens is 2. The van der Waals surface area contributed by atoms with Gasteiger partial charge in [-0.1, -0.05) is 35.9 Å². The Morgan fingerprint density at radius 2 is 1.83 bits per heavy atom. The number of hydrogen-bond donors (Lipinski definition) is 1. The van der Waals surface area contributed by atoms with E-state index in [1.54, 1.807) is 30.2 Å². The first kappa shape index (κ1) is 19.7. The third-order valence-electron chi connectivity index (χ3n) is 5.29. The Bertz CT molecular complexity index is 1120. The number of hydrogen-bond acceptors (Lipinski definition) is 4. The van der Waals surface area contributed by atoms with E-state index in [1.807, 2.05) is 50.2 Å². The van der Waals surface area contributed by atoms with Crippen LogP contribution in [0.3, 0.4) is 0 Å². The predicted molar refractivity (Wildman–Crippen MR) is 115 cm³/mol. The molecule has 0 fully saturated rings. The molecule has 1 unspecified atom stereocenters. The van der Waals surface area contributed by atoms with E-state index in [1.165, 1.54) is 17.4 Å². The lowest BCUT2D eigenvalue weighted by molar-refractivity contribution is -0.144. The molecule has 0 radical (unpaired) electrons. The van der Waals surface area contributed by atoms with Crippen molar-refractivity contribution in [3.63, 3.8) is 0 Å². The minimum absolute atomic E-state index is 0.426. The Morgan fingerprint density at radius 3 is 2.57 bits per heavy atom. The van der Waals surface area contributed by atoms with Gasteiger partial charge in [0, 0.05) is 13.2 Å². The topological polar surface area (TPSA) is 76.5 Å². The normalized spacial score (nSPS) is 18.0. The molecule has 4 rings (SSSR count). The Labute approximate surface area is 175 Å². The third kappa shape index (κ3) is 3.54. The molecule has 1 aromatic heterocycles. The summed E-state index contributed by atoms with van der Waals surface area (Å²) in [7, 11) is 1.65. The van der Waals surface area contributed by atoms with Crippen molar-refractivity contribution in [2.75, 3.05) is 17.3 Å². The Hall–Kier alpha value is -3.61. The Kier molecular flexibility index (Phi) is 4.81. The number of rotatable bonds is 4. The van der Waals surface area contributed by atoms with E-state index in [2.05, 4.69) is 10.4 Å². The van der Waals surface area contributed by atoms with Crippen molar-refractivity contribution in [3.8, 4) is 5.75 Å². The molecule has 0 bridgehead atoms. The van der Waals surface area contributed by atoms with E-state index in [0.29, 0.717) is 23.7 Å². The molecule has 0 saturated heterocycles. The monoisotopic (exact) mass is 404 g/mol. The maximum Gasteiger partial charge on any atom is 0.280 e. The van der Waals surface area contributed by atoms with Crippen molar-refractivity contribution in [1.29, 1.82) is 0 Å². The second kappa shape index (κ2) is 7.33. The molecule has 3 aromatic rings. The molecule has 0 spiro atoms. The van der Waals surface area contributed by atoms with Gasteiger partial charge >= 0.3 is 0 Å². The zero-order chi connectivity index (χ0) is 21.5. The number of carbonyl (C=O) groups is 2. The number of carbonyl (C=O) groups excluding carboxylic acids is 2. The minimum Gasteiger partial charge on any atom is -0.465 e. The van der Waals surface area contributed by atoms with Gasteiger partial charge in [0.1, 0.15) is 5.75 Å². The SMILES string of the molecule is Cc1ccc(Cn2cc(NC(=O)C3(C)Oc4ccc(C)cc4N(C)C3=O)cn2)cc1. The van der Waals surface area contributed by atoms with E-state index < -0.39 is 17.4 Å². The summed E-state index contributed by atoms with van der Waals surface area (Å²) in [6.07, 6.45) is 3.29. The highest BCUT2D eigenvalue weighted by atomic mass is 16.5. The van der Waals surface area contributed by atoms with E-state index in [9.17, 15) is 9.59 Å². The van der Waals surface area contributed by atoms with Crippen LogP contribution in [0.1, 0.15) is 23.6 Å². The molecule has 0 aliphatic carbocycles. The summed E-state index contributed by atoms with van der Waals surface area (Å²) >= 11 is 0. The average molecular weight is 404 g/mol. The smallest absolute Gasteiger partial charge is 0.280 e. The summed E-state index contributed by atoms with van der Waals surface area (Å²) in [5.41, 5.74) is 2.78. The van der Waals surface area contributed by atoms with E-state index in [-0.39, 0.29) is 0 Å². The number of ether oxygens (including phenoxy) is 1. The molecule has 2 amide bonds. The highest BCUT2D eigenvalue weighted by Crippen LogP contribution is 2.38. The van der Waals surface area contributed by atoms with Gasteiger partial charge in [-0.15, -0.1) is 0 Å². The van der Waals surface area contributed by atoms with Crippen molar-refractivity contribution >= 4 is 23.2 Å². The molecular weight excluding hydrogens is 380 g/mol. The quantitative estimate of drug-likeness (QED) is 0.677. The third-order valence-corrected chi connectivity index (χ3v) is 5.29. The van der Waals surface area contributed by atoms with Crippen LogP contribution in [0.25, 0.3) is 0 Å². The van der Waals surface area contributed by atoms with Crippen LogP contribution in [0.15, 0.2) is 54.9 Å². The first-order valence-electron chi connectivity index (χ1n) is 9.73. The van der Waals surface area contributed by atoms with Gasteiger partial charge in [0.15, 0.2) is 0 Å². The van der Waals surface area contributed by atoms with Crippen LogP contribution >= 0.6 is 0 Å². The lowest BCUT2D eigenvalue weighted by Gasteiger charge is -2.37. The van der Waals surface area contributed by atoms with Gasteiger partial charge in [0.05, 0.1) is 24.1 Å². The Morgan fingerprint density at radius 1 is 1.13 bits per heavy atom. The zero-order valence-electron chi connectivity index (χ0n) is 17.5. The fourth-order valence-corrected chi connectivity index (χ4v) is 3.46. The van der Waals surface area contributed by atoms with Gasteiger partial charge in [0.25, 0.3) is 17.4 Å². The zero-order valence-corrected chi connectivity index (χ0v) is 17.5. The molecule has 1 aliphatic rings. The summed E-state index contributed by atoms with van der Waals surface area (Å²) in [6, 6.07) is 13.7. The molecule has 7 heteroatoms. The van der Waals surface area contributed by atoms with Gasteiger partial charge < -0.3 is 15.0 Å². The minimum atomic E-state index is -1.67. The molecular formula is C23H24N4O3. The number of benzene rings is 2. The van der Waals surface area contributed by atoms with Crippen LogP contribution in [0.2, 0.25) is 0 Å². The van der Waals surface area contributed by atoms with E-state index in [0.717, 1.165) is 11.1 Å².